The van der Waals surface area contributed by atoms with Crippen LogP contribution in [0.4, 0.5) is 0 Å². The van der Waals surface area contributed by atoms with Crippen LogP contribution in [-0.4, -0.2) is 36.7 Å². The van der Waals surface area contributed by atoms with Crippen LogP contribution in [0.5, 0.6) is 0 Å². The van der Waals surface area contributed by atoms with Crippen molar-refractivity contribution in [1.29, 1.82) is 0 Å². The van der Waals surface area contributed by atoms with Gasteiger partial charge in [0, 0.05) is 22.2 Å². The number of nitrogens with one attached hydrogen (secondary N) is 1. The maximum Gasteiger partial charge on any atom is 0.336 e. The molecule has 1 atom stereocenters. The molecule has 0 aliphatic carbocycles. The fourth-order valence-corrected chi connectivity index (χ4v) is 3.22. The normalized spacial score (nSPS) is 14.8. The van der Waals surface area contributed by atoms with E-state index in [2.05, 4.69) is 0 Å². The van der Waals surface area contributed by atoms with Gasteiger partial charge < -0.3 is 10.2 Å². The number of hydrogen-bond donors (Lipinski definition) is 3. The Balaban J connectivity index is 2.84. The Bertz CT molecular complexity index is 595. The van der Waals surface area contributed by atoms with Gasteiger partial charge in [0.05, 0.1) is 5.75 Å². The lowest BCUT2D eigenvalue weighted by Gasteiger charge is -2.18. The molecule has 0 saturated carbocycles. The molecule has 0 bridgehead atoms. The molecule has 1 aromatic rings. The van der Waals surface area contributed by atoms with Gasteiger partial charge in [0.25, 0.3) is 0 Å². The van der Waals surface area contributed by atoms with Gasteiger partial charge in [-0.1, -0.05) is 29.3 Å². The molecule has 20 heavy (non-hydrogen) atoms. The molecule has 0 spiro atoms. The zero-order chi connectivity index (χ0) is 15.6. The molecule has 0 saturated heterocycles. The largest absolute Gasteiger partial charge is 0.479 e. The van der Waals surface area contributed by atoms with Crippen LogP contribution in [0.3, 0.4) is 0 Å². The molecule has 0 amide bonds. The molecule has 3 N–H and O–H groups in total. The van der Waals surface area contributed by atoms with Crippen molar-refractivity contribution in [3.63, 3.8) is 0 Å². The van der Waals surface area contributed by atoms with E-state index in [9.17, 15) is 18.3 Å². The zero-order valence-electron chi connectivity index (χ0n) is 10.4. The molecule has 0 aliphatic heterocycles. The van der Waals surface area contributed by atoms with Crippen molar-refractivity contribution in [3.8, 4) is 0 Å². The van der Waals surface area contributed by atoms with Crippen molar-refractivity contribution in [1.82, 2.24) is 4.72 Å². The van der Waals surface area contributed by atoms with Crippen LogP contribution in [0, 0.1) is 0 Å². The van der Waals surface area contributed by atoms with Crippen molar-refractivity contribution in [2.45, 2.75) is 18.3 Å². The van der Waals surface area contributed by atoms with E-state index in [1.54, 1.807) is 6.07 Å². The molecule has 6 nitrogen and oxygen atoms in total. The molecular weight excluding hydrogens is 329 g/mol. The Morgan fingerprint density at radius 3 is 2.30 bits per heavy atom. The van der Waals surface area contributed by atoms with Crippen LogP contribution < -0.4 is 4.72 Å². The number of hydrogen-bond acceptors (Lipinski definition) is 4. The Hall–Kier alpha value is -0.860. The lowest BCUT2D eigenvalue weighted by Crippen LogP contribution is -2.46. The molecular formula is C11H13Cl2NO5S. The smallest absolute Gasteiger partial charge is 0.336 e. The minimum Gasteiger partial charge on any atom is -0.479 e. The molecule has 9 heteroatoms. The summed E-state index contributed by atoms with van der Waals surface area (Å²) in [5, 5.41) is 18.5. The Labute approximate surface area is 126 Å². The van der Waals surface area contributed by atoms with E-state index in [4.69, 9.17) is 28.3 Å². The molecule has 0 aliphatic rings. The Morgan fingerprint density at radius 1 is 1.35 bits per heavy atom. The topological polar surface area (TPSA) is 104 Å². The number of sulfonamides is 1. The van der Waals surface area contributed by atoms with Crippen LogP contribution in [0.25, 0.3) is 0 Å². The number of rotatable bonds is 6. The zero-order valence-corrected chi connectivity index (χ0v) is 12.8. The van der Waals surface area contributed by atoms with E-state index < -0.39 is 33.9 Å². The highest BCUT2D eigenvalue weighted by atomic mass is 35.5. The highest BCUT2D eigenvalue weighted by Gasteiger charge is 2.31. The van der Waals surface area contributed by atoms with Gasteiger partial charge in [0.2, 0.25) is 10.0 Å². The SMILES string of the molecule is CC(O)(CNS(=O)(=O)Cc1c(Cl)cccc1Cl)C(=O)O. The average molecular weight is 342 g/mol. The number of carbonyl (C=O) groups is 1. The molecule has 0 fully saturated rings. The molecule has 1 unspecified atom stereocenters. The van der Waals surface area contributed by atoms with E-state index in [-0.39, 0.29) is 15.6 Å². The van der Waals surface area contributed by atoms with Gasteiger partial charge in [-0.2, -0.15) is 0 Å². The lowest BCUT2D eigenvalue weighted by atomic mass is 10.1. The molecule has 0 radical (unpaired) electrons. The van der Waals surface area contributed by atoms with Gasteiger partial charge >= 0.3 is 5.97 Å². The van der Waals surface area contributed by atoms with Gasteiger partial charge in [-0.3, -0.25) is 0 Å². The third kappa shape index (κ3) is 4.60. The average Bonchev–Trinajstić information content (AvgIpc) is 2.32. The van der Waals surface area contributed by atoms with Gasteiger partial charge in [-0.15, -0.1) is 0 Å². The standard InChI is InChI=1S/C11H13Cl2NO5S/c1-11(17,10(15)16)6-14-20(18,19)5-7-8(12)3-2-4-9(7)13/h2-4,14,17H,5-6H2,1H3,(H,15,16). The van der Waals surface area contributed by atoms with Crippen LogP contribution in [0.15, 0.2) is 18.2 Å². The summed E-state index contributed by atoms with van der Waals surface area (Å²) in [4.78, 5) is 10.7. The first-order valence-electron chi connectivity index (χ1n) is 5.41. The second kappa shape index (κ2) is 6.28. The van der Waals surface area contributed by atoms with Crippen LogP contribution in [-0.2, 0) is 20.6 Å². The van der Waals surface area contributed by atoms with Gasteiger partial charge in [-0.05, 0) is 19.1 Å². The van der Waals surface area contributed by atoms with Crippen molar-refractivity contribution >= 4 is 39.2 Å². The summed E-state index contributed by atoms with van der Waals surface area (Å²) in [5.74, 6) is -2.04. The van der Waals surface area contributed by atoms with E-state index in [0.29, 0.717) is 0 Å². The Kier molecular flexibility index (Phi) is 5.39. The summed E-state index contributed by atoms with van der Waals surface area (Å²) < 4.78 is 25.7. The van der Waals surface area contributed by atoms with Crippen LogP contribution >= 0.6 is 23.2 Å². The van der Waals surface area contributed by atoms with E-state index >= 15 is 0 Å². The van der Waals surface area contributed by atoms with Gasteiger partial charge in [0.1, 0.15) is 0 Å². The fourth-order valence-electron chi connectivity index (χ4n) is 1.24. The number of aliphatic carboxylic acids is 1. The van der Waals surface area contributed by atoms with Crippen molar-refractivity contribution in [3.05, 3.63) is 33.8 Å². The van der Waals surface area contributed by atoms with Crippen molar-refractivity contribution in [2.24, 2.45) is 0 Å². The Morgan fingerprint density at radius 2 is 1.85 bits per heavy atom. The maximum absolute atomic E-state index is 11.8. The maximum atomic E-state index is 11.8. The highest BCUT2D eigenvalue weighted by Crippen LogP contribution is 2.25. The predicted molar refractivity (Wildman–Crippen MR) is 75.3 cm³/mol. The second-order valence-corrected chi connectivity index (χ2v) is 6.98. The summed E-state index contributed by atoms with van der Waals surface area (Å²) in [6.45, 7) is 0.326. The first-order valence-corrected chi connectivity index (χ1v) is 7.82. The summed E-state index contributed by atoms with van der Waals surface area (Å²) >= 11 is 11.7. The summed E-state index contributed by atoms with van der Waals surface area (Å²) in [5.41, 5.74) is -1.99. The summed E-state index contributed by atoms with van der Waals surface area (Å²) in [6, 6.07) is 4.56. The number of benzene rings is 1. The minimum absolute atomic E-state index is 0.188. The monoisotopic (exact) mass is 341 g/mol. The predicted octanol–water partition coefficient (Wildman–Crippen LogP) is 1.25. The first kappa shape index (κ1) is 17.2. The van der Waals surface area contributed by atoms with Gasteiger partial charge in [-0.25, -0.2) is 17.9 Å². The van der Waals surface area contributed by atoms with E-state index in [1.165, 1.54) is 12.1 Å². The van der Waals surface area contributed by atoms with Crippen LogP contribution in [0.1, 0.15) is 12.5 Å². The number of aliphatic hydroxyl groups is 1. The fraction of sp³-hybridized carbons (Fsp3) is 0.364. The second-order valence-electron chi connectivity index (χ2n) is 4.36. The number of carboxylic acid groups (broad SMARTS) is 1. The van der Waals surface area contributed by atoms with Crippen molar-refractivity contribution in [2.75, 3.05) is 6.54 Å². The van der Waals surface area contributed by atoms with Crippen LogP contribution in [0.2, 0.25) is 10.0 Å². The lowest BCUT2D eigenvalue weighted by molar-refractivity contribution is -0.155. The molecule has 0 heterocycles. The summed E-state index contributed by atoms with van der Waals surface area (Å²) in [6.07, 6.45) is 0. The number of halogens is 2. The van der Waals surface area contributed by atoms with Gasteiger partial charge in [0.15, 0.2) is 5.60 Å². The molecule has 0 aromatic heterocycles. The van der Waals surface area contributed by atoms with Crippen molar-refractivity contribution < 1.29 is 23.4 Å². The minimum atomic E-state index is -3.89. The molecule has 112 valence electrons. The molecule has 1 rings (SSSR count). The highest BCUT2D eigenvalue weighted by molar-refractivity contribution is 7.88. The third-order valence-corrected chi connectivity index (χ3v) is 4.45. The first-order chi connectivity index (χ1) is 9.05. The summed E-state index contributed by atoms with van der Waals surface area (Å²) in [7, 11) is -3.89. The van der Waals surface area contributed by atoms with E-state index in [1.807, 2.05) is 4.72 Å². The molecule has 1 aromatic carbocycles. The number of carboxylic acids is 1. The third-order valence-electron chi connectivity index (χ3n) is 2.49. The van der Waals surface area contributed by atoms with E-state index in [0.717, 1.165) is 6.92 Å². The quantitative estimate of drug-likeness (QED) is 0.722.